The Morgan fingerprint density at radius 1 is 1.12 bits per heavy atom. The van der Waals surface area contributed by atoms with E-state index in [1.807, 2.05) is 0 Å². The second kappa shape index (κ2) is 9.79. The van der Waals surface area contributed by atoms with Crippen molar-refractivity contribution in [2.45, 2.75) is 111 Å². The highest BCUT2D eigenvalue weighted by atomic mass is 19.1. The first-order valence-electron chi connectivity index (χ1n) is 13.7. The van der Waals surface area contributed by atoms with Crippen molar-refractivity contribution in [3.63, 3.8) is 0 Å². The first-order valence-corrected chi connectivity index (χ1v) is 13.7. The number of carbonyl (C=O) groups excluding carboxylic acids is 1. The van der Waals surface area contributed by atoms with Gasteiger partial charge in [-0.25, -0.2) is 0 Å². The third-order valence-corrected chi connectivity index (χ3v) is 10.2. The summed E-state index contributed by atoms with van der Waals surface area (Å²) in [7, 11) is 0. The van der Waals surface area contributed by atoms with E-state index in [0.717, 1.165) is 49.4 Å². The van der Waals surface area contributed by atoms with Gasteiger partial charge in [0.05, 0.1) is 6.67 Å². The van der Waals surface area contributed by atoms with Crippen LogP contribution in [0.25, 0.3) is 0 Å². The number of rotatable bonds is 7. The molecule has 0 aromatic carbocycles. The Labute approximate surface area is 196 Å². The predicted molar refractivity (Wildman–Crippen MR) is 129 cm³/mol. The summed E-state index contributed by atoms with van der Waals surface area (Å²) in [6, 6.07) is 0. The molecule has 1 unspecified atom stereocenters. The van der Waals surface area contributed by atoms with Crippen LogP contribution >= 0.6 is 0 Å². The zero-order valence-electron chi connectivity index (χ0n) is 21.3. The van der Waals surface area contributed by atoms with Gasteiger partial charge in [0.2, 0.25) is 0 Å². The SMILES string of the molecule is CC(=O)O[C@H]1CCC2=C(C1)C(CF)C[C@@H]1[C@@H]2CC[C@]2(C)[C@@H]([C@H](C)CCCC(C)C)CC[C@@H]12. The van der Waals surface area contributed by atoms with Crippen LogP contribution in [-0.4, -0.2) is 18.7 Å². The number of hydrogen-bond donors (Lipinski definition) is 0. The molecule has 4 aliphatic rings. The molecule has 0 amide bonds. The highest BCUT2D eigenvalue weighted by molar-refractivity contribution is 5.66. The van der Waals surface area contributed by atoms with Crippen molar-refractivity contribution in [1.82, 2.24) is 0 Å². The molecule has 0 N–H and O–H groups in total. The average Bonchev–Trinajstić information content (AvgIpc) is 3.09. The average molecular weight is 447 g/mol. The number of alkyl halides is 1. The summed E-state index contributed by atoms with van der Waals surface area (Å²) in [5, 5.41) is 0. The van der Waals surface area contributed by atoms with E-state index in [9.17, 15) is 9.18 Å². The molecule has 0 aromatic heterocycles. The van der Waals surface area contributed by atoms with E-state index in [2.05, 4.69) is 27.7 Å². The first-order chi connectivity index (χ1) is 15.2. The van der Waals surface area contributed by atoms with Gasteiger partial charge in [-0.2, -0.15) is 0 Å². The number of carbonyl (C=O) groups is 1. The standard InChI is InChI=1S/C29H47FO2/c1-18(2)7-6-8-19(3)27-11-12-28-26-15-21(17-30)25-16-22(32-20(4)31)9-10-23(25)24(26)13-14-29(27,28)5/h18-19,21-22,24,26-28H,6-17H2,1-5H3/t19-,21?,22+,24-,26-,27-,28+,29-/m1/s1. The molecule has 182 valence electrons. The zero-order chi connectivity index (χ0) is 23.0. The Morgan fingerprint density at radius 3 is 2.59 bits per heavy atom. The minimum absolute atomic E-state index is 0.0340. The van der Waals surface area contributed by atoms with Gasteiger partial charge in [-0.3, -0.25) is 9.18 Å². The van der Waals surface area contributed by atoms with Gasteiger partial charge in [0, 0.05) is 19.3 Å². The van der Waals surface area contributed by atoms with Gasteiger partial charge in [-0.15, -0.1) is 0 Å². The largest absolute Gasteiger partial charge is 0.462 e. The molecule has 0 aliphatic heterocycles. The lowest BCUT2D eigenvalue weighted by molar-refractivity contribution is -0.147. The van der Waals surface area contributed by atoms with Gasteiger partial charge < -0.3 is 4.74 Å². The number of allylic oxidation sites excluding steroid dienone is 1. The summed E-state index contributed by atoms with van der Waals surface area (Å²) in [6.45, 7) is 11.1. The summed E-state index contributed by atoms with van der Waals surface area (Å²) >= 11 is 0. The van der Waals surface area contributed by atoms with Crippen LogP contribution in [0.3, 0.4) is 0 Å². The molecule has 8 atom stereocenters. The number of hydrogen-bond acceptors (Lipinski definition) is 2. The number of fused-ring (bicyclic) bond motifs is 4. The molecule has 2 fully saturated rings. The highest BCUT2D eigenvalue weighted by Crippen LogP contribution is 2.65. The normalized spacial score (nSPS) is 40.0. The Bertz CT molecular complexity index is 712. The Morgan fingerprint density at radius 2 is 1.91 bits per heavy atom. The molecule has 4 aliphatic carbocycles. The van der Waals surface area contributed by atoms with Gasteiger partial charge in [0.25, 0.3) is 0 Å². The Kier molecular flexibility index (Phi) is 7.42. The second-order valence-corrected chi connectivity index (χ2v) is 12.5. The Balaban J connectivity index is 1.50. The van der Waals surface area contributed by atoms with E-state index in [-0.39, 0.29) is 24.7 Å². The van der Waals surface area contributed by atoms with E-state index in [1.165, 1.54) is 57.4 Å². The van der Waals surface area contributed by atoms with Crippen LogP contribution in [0.15, 0.2) is 11.1 Å². The molecule has 0 radical (unpaired) electrons. The van der Waals surface area contributed by atoms with E-state index in [1.54, 1.807) is 5.57 Å². The highest BCUT2D eigenvalue weighted by Gasteiger charge is 2.57. The van der Waals surface area contributed by atoms with Crippen LogP contribution in [0.4, 0.5) is 4.39 Å². The number of halogens is 1. The molecule has 3 heteroatoms. The number of ether oxygens (including phenoxy) is 1. The molecule has 4 rings (SSSR count). The third kappa shape index (κ3) is 4.56. The van der Waals surface area contributed by atoms with Crippen LogP contribution in [0.1, 0.15) is 105 Å². The minimum atomic E-state index is -0.243. The third-order valence-electron chi connectivity index (χ3n) is 10.2. The lowest BCUT2D eigenvalue weighted by atomic mass is 9.51. The maximum absolute atomic E-state index is 14.3. The van der Waals surface area contributed by atoms with E-state index >= 15 is 0 Å². The van der Waals surface area contributed by atoms with Gasteiger partial charge >= 0.3 is 5.97 Å². The molecule has 2 nitrogen and oxygen atoms in total. The number of esters is 1. The molecule has 0 bridgehead atoms. The van der Waals surface area contributed by atoms with Crippen molar-refractivity contribution >= 4 is 5.97 Å². The summed E-state index contributed by atoms with van der Waals surface area (Å²) in [5.74, 6) is 4.45. The van der Waals surface area contributed by atoms with Crippen molar-refractivity contribution in [1.29, 1.82) is 0 Å². The molecule has 0 spiro atoms. The monoisotopic (exact) mass is 446 g/mol. The van der Waals surface area contributed by atoms with E-state index < -0.39 is 0 Å². The van der Waals surface area contributed by atoms with Crippen molar-refractivity contribution in [2.24, 2.45) is 46.8 Å². The molecule has 32 heavy (non-hydrogen) atoms. The topological polar surface area (TPSA) is 26.3 Å². The van der Waals surface area contributed by atoms with E-state index in [4.69, 9.17) is 4.74 Å². The lowest BCUT2D eigenvalue weighted by Gasteiger charge is -2.54. The fourth-order valence-corrected chi connectivity index (χ4v) is 8.84. The summed E-state index contributed by atoms with van der Waals surface area (Å²) in [6.07, 6.45) is 13.2. The van der Waals surface area contributed by atoms with Gasteiger partial charge in [0.1, 0.15) is 6.10 Å². The fraction of sp³-hybridized carbons (Fsp3) is 0.897. The molecule has 0 aromatic rings. The molecule has 0 heterocycles. The maximum Gasteiger partial charge on any atom is 0.302 e. The van der Waals surface area contributed by atoms with Gasteiger partial charge in [0.15, 0.2) is 0 Å². The summed E-state index contributed by atoms with van der Waals surface area (Å²) in [4.78, 5) is 11.5. The van der Waals surface area contributed by atoms with Crippen molar-refractivity contribution in [3.8, 4) is 0 Å². The summed E-state index contributed by atoms with van der Waals surface area (Å²) < 4.78 is 19.9. The second-order valence-electron chi connectivity index (χ2n) is 12.5. The van der Waals surface area contributed by atoms with Gasteiger partial charge in [-0.1, -0.05) is 58.1 Å². The maximum atomic E-state index is 14.3. The van der Waals surface area contributed by atoms with Crippen molar-refractivity contribution in [3.05, 3.63) is 11.1 Å². The minimum Gasteiger partial charge on any atom is -0.462 e. The lowest BCUT2D eigenvalue weighted by Crippen LogP contribution is -2.47. The predicted octanol–water partition coefficient (Wildman–Crippen LogP) is 7.91. The van der Waals surface area contributed by atoms with E-state index in [0.29, 0.717) is 17.3 Å². The van der Waals surface area contributed by atoms with Crippen molar-refractivity contribution in [2.75, 3.05) is 6.67 Å². The fourth-order valence-electron chi connectivity index (χ4n) is 8.84. The summed E-state index contributed by atoms with van der Waals surface area (Å²) in [5.41, 5.74) is 3.38. The molecule has 0 saturated heterocycles. The molecular formula is C29H47FO2. The van der Waals surface area contributed by atoms with Crippen LogP contribution in [0.2, 0.25) is 0 Å². The zero-order valence-corrected chi connectivity index (χ0v) is 21.3. The quantitative estimate of drug-likeness (QED) is 0.293. The van der Waals surface area contributed by atoms with Gasteiger partial charge in [-0.05, 0) is 85.9 Å². The Hall–Kier alpha value is -0.860. The smallest absolute Gasteiger partial charge is 0.302 e. The van der Waals surface area contributed by atoms with Crippen molar-refractivity contribution < 1.29 is 13.9 Å². The van der Waals surface area contributed by atoms with Crippen LogP contribution in [0, 0.1) is 46.8 Å². The molecular weight excluding hydrogens is 399 g/mol. The van der Waals surface area contributed by atoms with Crippen LogP contribution < -0.4 is 0 Å². The van der Waals surface area contributed by atoms with Crippen LogP contribution in [0.5, 0.6) is 0 Å². The van der Waals surface area contributed by atoms with Crippen LogP contribution in [-0.2, 0) is 9.53 Å². The molecule has 2 saturated carbocycles. The first kappa shape index (κ1) is 24.3.